The van der Waals surface area contributed by atoms with Gasteiger partial charge in [0.25, 0.3) is 0 Å². The highest BCUT2D eigenvalue weighted by Crippen LogP contribution is 2.40. The molecule has 5 saturated heterocycles. The summed E-state index contributed by atoms with van der Waals surface area (Å²) in [6, 6.07) is 14.9. The number of phenols is 1. The van der Waals surface area contributed by atoms with Gasteiger partial charge in [-0.15, -0.1) is 17.8 Å². The predicted molar refractivity (Wildman–Crippen MR) is 299 cm³/mol. The first-order chi connectivity index (χ1) is 37.5. The highest BCUT2D eigenvalue weighted by molar-refractivity contribution is 7.13. The minimum Gasteiger partial charge on any atom is -0.508 e. The number of thiazole rings is 1. The zero-order chi connectivity index (χ0) is 54.6. The summed E-state index contributed by atoms with van der Waals surface area (Å²) in [5.74, 6) is 1.82. The van der Waals surface area contributed by atoms with Crippen LogP contribution < -0.4 is 20.3 Å². The van der Waals surface area contributed by atoms with E-state index in [2.05, 4.69) is 36.3 Å². The van der Waals surface area contributed by atoms with Crippen LogP contribution in [0.25, 0.3) is 43.4 Å². The highest BCUT2D eigenvalue weighted by atomic mass is 32.1. The summed E-state index contributed by atoms with van der Waals surface area (Å²) in [5, 5.41) is 30.3. The van der Waals surface area contributed by atoms with Crippen LogP contribution in [0.3, 0.4) is 0 Å². The molecule has 2 bridgehead atoms. The first-order valence-electron chi connectivity index (χ1n) is 27.6. The summed E-state index contributed by atoms with van der Waals surface area (Å²) in [4.78, 5) is 70.7. The molecule has 408 valence electrons. The number of hydrogen-bond acceptors (Lipinski definition) is 14. The molecule has 0 aliphatic carbocycles. The number of piperazine rings is 1. The topological polar surface area (TPSA) is 189 Å². The van der Waals surface area contributed by atoms with Crippen LogP contribution in [-0.2, 0) is 14.4 Å². The van der Waals surface area contributed by atoms with E-state index in [1.54, 1.807) is 40.6 Å². The third-order valence-electron chi connectivity index (χ3n) is 16.8. The van der Waals surface area contributed by atoms with Crippen LogP contribution in [0.2, 0.25) is 0 Å². The largest absolute Gasteiger partial charge is 0.508 e. The van der Waals surface area contributed by atoms with Crippen LogP contribution in [0, 0.1) is 30.5 Å². The number of carbonyl (C=O) groups excluding carboxylic acids is 3. The van der Waals surface area contributed by atoms with Gasteiger partial charge in [-0.1, -0.05) is 63.1 Å². The molecule has 11 rings (SSSR count). The standard InChI is InChI=1S/C60H69FN10O6S/c1-7-36-11-8-12-39-25-44(72)26-46(50(36)39)52-51(61)53-47(28-62-52)56(69-29-40-19-20-41(30-69)65-40)67-59(66-53)77-32-43-14-10-24-68(43)23-9-13-42-21-22-49(74)71(42)55(60(4,5)6)58(76)70-31-45(73)27-48(70)57(75)64-34(2)37-15-17-38(18-16-37)54-35(3)63-33-78-54/h1,8,11-12,15-18,25-26,28,33-34,40-43,45,48,55,65,72-73H,9-10,13-14,19-24,27,29-32H2,2-6H3,(H,64,75)/t34-,40?,41?,42-,43-,45+,48-,55+/m0/s1. The van der Waals surface area contributed by atoms with Crippen molar-refractivity contribution < 1.29 is 33.7 Å². The van der Waals surface area contributed by atoms with Gasteiger partial charge in [0.05, 0.1) is 33.6 Å². The molecule has 3 aromatic carbocycles. The number of fused-ring (bicyclic) bond motifs is 4. The van der Waals surface area contributed by atoms with Crippen molar-refractivity contribution in [3.63, 3.8) is 0 Å². The van der Waals surface area contributed by atoms with Gasteiger partial charge < -0.3 is 40.3 Å². The second-order valence-electron chi connectivity index (χ2n) is 23.2. The van der Waals surface area contributed by atoms with E-state index in [0.717, 1.165) is 66.9 Å². The van der Waals surface area contributed by atoms with Gasteiger partial charge in [0.2, 0.25) is 17.7 Å². The number of phenolic OH excluding ortho intramolecular Hbond substituents is 1. The molecule has 4 N–H and O–H groups in total. The quantitative estimate of drug-likeness (QED) is 0.0727. The van der Waals surface area contributed by atoms with E-state index in [1.807, 2.05) is 70.5 Å². The molecule has 5 aliphatic heterocycles. The van der Waals surface area contributed by atoms with E-state index in [1.165, 1.54) is 11.0 Å². The Labute approximate surface area is 458 Å². The summed E-state index contributed by atoms with van der Waals surface area (Å²) in [5.41, 5.74) is 5.07. The molecule has 16 nitrogen and oxygen atoms in total. The number of ether oxygens (including phenoxy) is 1. The zero-order valence-corrected chi connectivity index (χ0v) is 45.9. The number of rotatable bonds is 15. The Morgan fingerprint density at radius 3 is 2.54 bits per heavy atom. The van der Waals surface area contributed by atoms with Gasteiger partial charge in [-0.25, -0.2) is 9.37 Å². The minimum atomic E-state index is -0.894. The number of carbonyl (C=O) groups is 3. The second-order valence-corrected chi connectivity index (χ2v) is 24.0. The summed E-state index contributed by atoms with van der Waals surface area (Å²) in [6.45, 7) is 13.0. The SMILES string of the molecule is C#Cc1cccc2cc(O)cc(-c3ncc4c(N5CC6CCC(C5)N6)nc(OC[C@@H]5CCCN5CCC[C@H]5CCC(=O)N5[C@H](C(=O)N5C[C@H](O)C[C@H]5C(=O)N[C@@H](C)c5ccc(-c6scnc6C)cc5)C(C)(C)C)nc4c3F)c12. The van der Waals surface area contributed by atoms with Crippen molar-refractivity contribution in [3.8, 4) is 45.8 Å². The van der Waals surface area contributed by atoms with Gasteiger partial charge in [0.1, 0.15) is 41.5 Å². The molecule has 5 aliphatic rings. The number of halogens is 1. The number of amides is 3. The van der Waals surface area contributed by atoms with Gasteiger partial charge >= 0.3 is 6.01 Å². The number of benzene rings is 3. The van der Waals surface area contributed by atoms with Crippen molar-refractivity contribution in [2.45, 2.75) is 141 Å². The average molecular weight is 1080 g/mol. The van der Waals surface area contributed by atoms with Gasteiger partial charge in [0, 0.05) is 79.4 Å². The number of pyridine rings is 1. The van der Waals surface area contributed by atoms with Crippen molar-refractivity contribution in [1.29, 1.82) is 0 Å². The van der Waals surface area contributed by atoms with Gasteiger partial charge in [-0.2, -0.15) is 9.97 Å². The van der Waals surface area contributed by atoms with Crippen molar-refractivity contribution in [3.05, 3.63) is 88.9 Å². The number of anilines is 1. The molecule has 5 fully saturated rings. The number of terminal acetylenes is 1. The Kier molecular flexibility index (Phi) is 14.9. The van der Waals surface area contributed by atoms with Crippen LogP contribution in [0.15, 0.2) is 66.3 Å². The number of nitrogens with one attached hydrogen (secondary N) is 2. The molecule has 0 spiro atoms. The Bertz CT molecular complexity index is 3290. The van der Waals surface area contributed by atoms with Crippen molar-refractivity contribution in [1.82, 2.24) is 45.3 Å². The molecule has 6 aromatic rings. The number of hydrogen-bond donors (Lipinski definition) is 4. The Balaban J connectivity index is 0.772. The number of nitrogens with zero attached hydrogens (tertiary/aromatic N) is 8. The zero-order valence-electron chi connectivity index (χ0n) is 45.0. The molecule has 18 heteroatoms. The molecule has 78 heavy (non-hydrogen) atoms. The molecular formula is C60H69FN10O6S. The maximum absolute atomic E-state index is 17.3. The maximum Gasteiger partial charge on any atom is 0.319 e. The van der Waals surface area contributed by atoms with Crippen molar-refractivity contribution >= 4 is 56.6 Å². The highest BCUT2D eigenvalue weighted by Gasteiger charge is 2.50. The molecule has 2 unspecified atom stereocenters. The number of aromatic nitrogens is 4. The lowest BCUT2D eigenvalue weighted by Crippen LogP contribution is -2.59. The first-order valence-corrected chi connectivity index (χ1v) is 28.5. The van der Waals surface area contributed by atoms with Crippen LogP contribution >= 0.6 is 11.3 Å². The van der Waals surface area contributed by atoms with E-state index in [0.29, 0.717) is 65.5 Å². The third-order valence-corrected chi connectivity index (χ3v) is 17.7. The number of β-amino-alcohol motifs (C(OH)–C–C–N with tert-alkyl or cyclic N) is 1. The monoisotopic (exact) mass is 1080 g/mol. The van der Waals surface area contributed by atoms with Crippen molar-refractivity contribution in [2.75, 3.05) is 44.2 Å². The van der Waals surface area contributed by atoms with Crippen LogP contribution in [-0.4, -0.2) is 144 Å². The summed E-state index contributed by atoms with van der Waals surface area (Å²) in [7, 11) is 0. The van der Waals surface area contributed by atoms with Crippen LogP contribution in [0.1, 0.15) is 108 Å². The fourth-order valence-corrected chi connectivity index (χ4v) is 13.8. The van der Waals surface area contributed by atoms with Gasteiger partial charge in [-0.3, -0.25) is 24.3 Å². The summed E-state index contributed by atoms with van der Waals surface area (Å²) < 4.78 is 23.8. The smallest absolute Gasteiger partial charge is 0.319 e. The molecule has 0 saturated carbocycles. The van der Waals surface area contributed by atoms with E-state index in [9.17, 15) is 24.6 Å². The minimum absolute atomic E-state index is 0.00568. The number of aromatic hydroxyl groups is 1. The first kappa shape index (κ1) is 53.2. The Morgan fingerprint density at radius 1 is 1.03 bits per heavy atom. The molecule has 3 aromatic heterocycles. The summed E-state index contributed by atoms with van der Waals surface area (Å²) >= 11 is 1.58. The normalized spacial score (nSPS) is 23.4. The molecule has 8 atom stereocenters. The molecule has 0 radical (unpaired) electrons. The van der Waals surface area contributed by atoms with E-state index >= 15 is 4.39 Å². The predicted octanol–water partition coefficient (Wildman–Crippen LogP) is 7.91. The van der Waals surface area contributed by atoms with Crippen molar-refractivity contribution in [2.24, 2.45) is 5.41 Å². The fourth-order valence-electron chi connectivity index (χ4n) is 12.9. The average Bonchev–Trinajstić information content (AvgIpc) is 4.33. The third kappa shape index (κ3) is 10.5. The summed E-state index contributed by atoms with van der Waals surface area (Å²) in [6.07, 6.45) is 13.1. The lowest BCUT2D eigenvalue weighted by atomic mass is 9.83. The fraction of sp³-hybridized carbons (Fsp3) is 0.483. The second kappa shape index (κ2) is 21.8. The van der Waals surface area contributed by atoms with E-state index in [-0.39, 0.29) is 90.5 Å². The van der Waals surface area contributed by atoms with E-state index in [4.69, 9.17) is 21.1 Å². The molecule has 3 amide bonds. The lowest BCUT2D eigenvalue weighted by Gasteiger charge is -2.43. The van der Waals surface area contributed by atoms with Crippen LogP contribution in [0.5, 0.6) is 11.8 Å². The Morgan fingerprint density at radius 2 is 1.81 bits per heavy atom. The van der Waals surface area contributed by atoms with Crippen LogP contribution in [0.4, 0.5) is 10.2 Å². The maximum atomic E-state index is 17.3. The number of aliphatic hydroxyl groups excluding tert-OH is 1. The lowest BCUT2D eigenvalue weighted by molar-refractivity contribution is -0.152. The molecular weight excluding hydrogens is 1010 g/mol. The van der Waals surface area contributed by atoms with E-state index < -0.39 is 29.4 Å². The van der Waals surface area contributed by atoms with Gasteiger partial charge in [-0.05, 0) is 112 Å². The Hall–Kier alpha value is -6.78. The number of likely N-dealkylation sites (tertiary alicyclic amines) is 3. The number of aryl methyl sites for hydroxylation is 1. The van der Waals surface area contributed by atoms with Gasteiger partial charge in [0.15, 0.2) is 5.82 Å². The number of aliphatic hydroxyl groups is 1. The molecule has 8 heterocycles.